The first-order valence-electron chi connectivity index (χ1n) is 6.96. The van der Waals surface area contributed by atoms with E-state index in [0.717, 1.165) is 13.1 Å². The third kappa shape index (κ3) is 4.42. The molecule has 0 saturated heterocycles. The number of nitro groups is 1. The van der Waals surface area contributed by atoms with Crippen molar-refractivity contribution in [3.05, 3.63) is 33.9 Å². The first kappa shape index (κ1) is 16.9. The van der Waals surface area contributed by atoms with Gasteiger partial charge in [-0.1, -0.05) is 19.9 Å². The molecule has 1 amide bonds. The van der Waals surface area contributed by atoms with Gasteiger partial charge in [0.15, 0.2) is 0 Å². The van der Waals surface area contributed by atoms with Crippen molar-refractivity contribution >= 4 is 17.3 Å². The van der Waals surface area contributed by atoms with Crippen LogP contribution in [0.4, 0.5) is 11.4 Å². The number of nitro benzene ring substituents is 1. The van der Waals surface area contributed by atoms with Gasteiger partial charge in [-0.05, 0) is 32.1 Å². The van der Waals surface area contributed by atoms with E-state index < -0.39 is 10.8 Å². The van der Waals surface area contributed by atoms with Gasteiger partial charge in [0.25, 0.3) is 5.91 Å². The average Bonchev–Trinajstić information content (AvgIpc) is 2.43. The van der Waals surface area contributed by atoms with E-state index in [-0.39, 0.29) is 23.0 Å². The van der Waals surface area contributed by atoms with E-state index in [1.54, 1.807) is 0 Å². The molecule has 21 heavy (non-hydrogen) atoms. The largest absolute Gasteiger partial charge is 0.393 e. The maximum absolute atomic E-state index is 12.2. The van der Waals surface area contributed by atoms with Crippen LogP contribution in [0.15, 0.2) is 18.2 Å². The lowest BCUT2D eigenvalue weighted by molar-refractivity contribution is -0.384. The number of carbonyl (C=O) groups excluding carboxylic acids is 1. The number of rotatable bonds is 7. The number of hydrogen-bond acceptors (Lipinski definition) is 5. The lowest BCUT2D eigenvalue weighted by Crippen LogP contribution is -2.42. The summed E-state index contributed by atoms with van der Waals surface area (Å²) in [5.74, 6) is -0.478. The molecule has 7 heteroatoms. The normalized spacial score (nSPS) is 12.2. The number of nitrogen functional groups attached to an aromatic ring is 1. The molecule has 3 N–H and O–H groups in total. The molecule has 0 saturated carbocycles. The Hall–Kier alpha value is -2.15. The maximum atomic E-state index is 12.2. The van der Waals surface area contributed by atoms with Gasteiger partial charge in [0.05, 0.1) is 4.92 Å². The summed E-state index contributed by atoms with van der Waals surface area (Å²) in [6.07, 6.45) is 0. The minimum Gasteiger partial charge on any atom is -0.393 e. The van der Waals surface area contributed by atoms with Gasteiger partial charge in [0.1, 0.15) is 11.3 Å². The van der Waals surface area contributed by atoms with Crippen molar-refractivity contribution in [1.29, 1.82) is 0 Å². The topological polar surface area (TPSA) is 102 Å². The third-order valence-electron chi connectivity index (χ3n) is 3.30. The molecule has 1 rings (SSSR count). The summed E-state index contributed by atoms with van der Waals surface area (Å²) < 4.78 is 0. The second-order valence-corrected chi connectivity index (χ2v) is 4.86. The molecule has 0 aliphatic heterocycles. The minimum absolute atomic E-state index is 0.00797. The van der Waals surface area contributed by atoms with Crippen LogP contribution in [0.3, 0.4) is 0 Å². The monoisotopic (exact) mass is 294 g/mol. The summed E-state index contributed by atoms with van der Waals surface area (Å²) >= 11 is 0. The predicted molar refractivity (Wildman–Crippen MR) is 82.2 cm³/mol. The number of benzene rings is 1. The van der Waals surface area contributed by atoms with Crippen LogP contribution in [0.1, 0.15) is 31.1 Å². The molecule has 0 fully saturated rings. The van der Waals surface area contributed by atoms with Gasteiger partial charge in [-0.15, -0.1) is 0 Å². The lowest BCUT2D eigenvalue weighted by atomic mass is 10.1. The quantitative estimate of drug-likeness (QED) is 0.452. The average molecular weight is 294 g/mol. The van der Waals surface area contributed by atoms with Crippen molar-refractivity contribution in [2.24, 2.45) is 0 Å². The number of nitrogens with zero attached hydrogens (tertiary/aromatic N) is 2. The predicted octanol–water partition coefficient (Wildman–Crippen LogP) is 1.64. The van der Waals surface area contributed by atoms with Gasteiger partial charge in [-0.25, -0.2) is 0 Å². The Bertz CT molecular complexity index is 515. The van der Waals surface area contributed by atoms with E-state index >= 15 is 0 Å². The number of likely N-dealkylation sites (N-methyl/N-ethyl adjacent to an activating group) is 1. The zero-order chi connectivity index (χ0) is 16.0. The summed E-state index contributed by atoms with van der Waals surface area (Å²) in [6.45, 7) is 8.41. The van der Waals surface area contributed by atoms with Crippen molar-refractivity contribution in [1.82, 2.24) is 10.2 Å². The van der Waals surface area contributed by atoms with Crippen molar-refractivity contribution < 1.29 is 9.72 Å². The summed E-state index contributed by atoms with van der Waals surface area (Å²) in [5.41, 5.74) is 5.22. The Morgan fingerprint density at radius 2 is 2.05 bits per heavy atom. The van der Waals surface area contributed by atoms with E-state index in [4.69, 9.17) is 5.73 Å². The molecular weight excluding hydrogens is 272 g/mol. The highest BCUT2D eigenvalue weighted by Gasteiger charge is 2.24. The van der Waals surface area contributed by atoms with E-state index in [0.29, 0.717) is 6.54 Å². The molecule has 1 unspecified atom stereocenters. The highest BCUT2D eigenvalue weighted by molar-refractivity contribution is 6.00. The van der Waals surface area contributed by atoms with Crippen LogP contribution in [0, 0.1) is 10.1 Å². The molecule has 1 atom stereocenters. The third-order valence-corrected chi connectivity index (χ3v) is 3.30. The SMILES string of the molecule is CCN(CC)CC(C)NC(=O)c1cccc(N)c1[N+](=O)[O-]. The van der Waals surface area contributed by atoms with Gasteiger partial charge in [0.2, 0.25) is 0 Å². The number of hydrogen-bond donors (Lipinski definition) is 2. The fourth-order valence-electron chi connectivity index (χ4n) is 2.16. The molecule has 116 valence electrons. The van der Waals surface area contributed by atoms with Gasteiger partial charge in [0, 0.05) is 12.6 Å². The number of carbonyl (C=O) groups is 1. The summed E-state index contributed by atoms with van der Waals surface area (Å²) in [4.78, 5) is 24.8. The molecule has 0 spiro atoms. The van der Waals surface area contributed by atoms with Crippen LogP contribution in [-0.4, -0.2) is 41.4 Å². The zero-order valence-corrected chi connectivity index (χ0v) is 12.6. The van der Waals surface area contributed by atoms with Crippen LogP contribution in [-0.2, 0) is 0 Å². The Morgan fingerprint density at radius 3 is 2.57 bits per heavy atom. The number of para-hydroxylation sites is 1. The molecule has 0 heterocycles. The van der Waals surface area contributed by atoms with E-state index in [1.807, 2.05) is 20.8 Å². The summed E-state index contributed by atoms with van der Waals surface area (Å²) in [5, 5.41) is 13.8. The second-order valence-electron chi connectivity index (χ2n) is 4.86. The van der Waals surface area contributed by atoms with Crippen molar-refractivity contribution in [3.8, 4) is 0 Å². The molecule has 0 radical (unpaired) electrons. The fourth-order valence-corrected chi connectivity index (χ4v) is 2.16. The van der Waals surface area contributed by atoms with E-state index in [2.05, 4.69) is 10.2 Å². The Balaban J connectivity index is 2.85. The smallest absolute Gasteiger partial charge is 0.304 e. The minimum atomic E-state index is -0.626. The van der Waals surface area contributed by atoms with Gasteiger partial charge >= 0.3 is 5.69 Å². The lowest BCUT2D eigenvalue weighted by Gasteiger charge is -2.23. The number of nitrogens with one attached hydrogen (secondary N) is 1. The highest BCUT2D eigenvalue weighted by atomic mass is 16.6. The van der Waals surface area contributed by atoms with E-state index in [1.165, 1.54) is 18.2 Å². The number of amides is 1. The Kier molecular flexibility index (Phi) is 6.10. The zero-order valence-electron chi connectivity index (χ0n) is 12.6. The molecule has 0 bridgehead atoms. The van der Waals surface area contributed by atoms with Gasteiger partial charge in [-0.3, -0.25) is 14.9 Å². The molecule has 0 aliphatic rings. The van der Waals surface area contributed by atoms with Gasteiger partial charge < -0.3 is 16.0 Å². The molecule has 0 aromatic heterocycles. The molecular formula is C14H22N4O3. The number of anilines is 1. The summed E-state index contributed by atoms with van der Waals surface area (Å²) in [6, 6.07) is 4.24. The van der Waals surface area contributed by atoms with Crippen LogP contribution >= 0.6 is 0 Å². The van der Waals surface area contributed by atoms with E-state index in [9.17, 15) is 14.9 Å². The van der Waals surface area contributed by atoms with Crippen LogP contribution in [0.25, 0.3) is 0 Å². The second kappa shape index (κ2) is 7.58. The van der Waals surface area contributed by atoms with Crippen LogP contribution in [0.5, 0.6) is 0 Å². The van der Waals surface area contributed by atoms with Crippen LogP contribution < -0.4 is 11.1 Å². The van der Waals surface area contributed by atoms with Crippen molar-refractivity contribution in [3.63, 3.8) is 0 Å². The maximum Gasteiger partial charge on any atom is 0.304 e. The molecule has 1 aromatic carbocycles. The summed E-state index contributed by atoms with van der Waals surface area (Å²) in [7, 11) is 0. The van der Waals surface area contributed by atoms with Crippen molar-refractivity contribution in [2.75, 3.05) is 25.4 Å². The van der Waals surface area contributed by atoms with Gasteiger partial charge in [-0.2, -0.15) is 0 Å². The Labute approximate surface area is 124 Å². The standard InChI is InChI=1S/C14H22N4O3/c1-4-17(5-2)9-10(3)16-14(19)11-7-6-8-12(15)13(11)18(20)21/h6-8,10H,4-5,9,15H2,1-3H3,(H,16,19). The first-order valence-corrected chi connectivity index (χ1v) is 6.96. The number of nitrogens with two attached hydrogens (primary N) is 1. The molecule has 1 aromatic rings. The van der Waals surface area contributed by atoms with Crippen molar-refractivity contribution in [2.45, 2.75) is 26.8 Å². The fraction of sp³-hybridized carbons (Fsp3) is 0.500. The highest BCUT2D eigenvalue weighted by Crippen LogP contribution is 2.25. The molecule has 7 nitrogen and oxygen atoms in total. The Morgan fingerprint density at radius 1 is 1.43 bits per heavy atom. The molecule has 0 aliphatic carbocycles. The first-order chi connectivity index (χ1) is 9.90. The van der Waals surface area contributed by atoms with Crippen LogP contribution in [0.2, 0.25) is 0 Å².